The number of aromatic nitrogens is 3. The third-order valence-corrected chi connectivity index (χ3v) is 4.80. The van der Waals surface area contributed by atoms with Crippen LogP contribution in [0.15, 0.2) is 24.3 Å². The molecule has 3 rings (SSSR count). The molecule has 1 heterocycles. The molecule has 1 aromatic heterocycles. The van der Waals surface area contributed by atoms with E-state index in [0.717, 1.165) is 30.0 Å². The van der Waals surface area contributed by atoms with Crippen molar-refractivity contribution in [1.29, 1.82) is 0 Å². The smallest absolute Gasteiger partial charge is 0.123 e. The van der Waals surface area contributed by atoms with Gasteiger partial charge in [0, 0.05) is 0 Å². The highest BCUT2D eigenvalue weighted by molar-refractivity contribution is 5.18. The monoisotopic (exact) mass is 317 g/mol. The Balaban J connectivity index is 1.71. The van der Waals surface area contributed by atoms with Crippen molar-refractivity contribution in [2.24, 2.45) is 5.92 Å². The van der Waals surface area contributed by atoms with Crippen molar-refractivity contribution in [3.05, 3.63) is 47.0 Å². The molecule has 1 aliphatic carbocycles. The summed E-state index contributed by atoms with van der Waals surface area (Å²) < 4.78 is 15.2. The summed E-state index contributed by atoms with van der Waals surface area (Å²) in [6, 6.07) is 6.55. The molecule has 0 radical (unpaired) electrons. The highest BCUT2D eigenvalue weighted by Gasteiger charge is 2.17. The van der Waals surface area contributed by atoms with Crippen LogP contribution in [0.5, 0.6) is 0 Å². The predicted octanol–water partition coefficient (Wildman–Crippen LogP) is 3.47. The molecule has 0 saturated heterocycles. The number of aliphatic hydroxyl groups is 1. The van der Waals surface area contributed by atoms with Gasteiger partial charge in [0.2, 0.25) is 0 Å². The number of nitrogens with zero attached hydrogens (tertiary/aromatic N) is 3. The molecule has 0 bridgehead atoms. The van der Waals surface area contributed by atoms with E-state index in [1.807, 2.05) is 10.7 Å². The van der Waals surface area contributed by atoms with E-state index in [4.69, 9.17) is 0 Å². The van der Waals surface area contributed by atoms with E-state index in [9.17, 15) is 9.50 Å². The minimum atomic E-state index is -0.242. The summed E-state index contributed by atoms with van der Waals surface area (Å²) >= 11 is 0. The molecule has 2 aromatic rings. The van der Waals surface area contributed by atoms with Crippen LogP contribution in [0.4, 0.5) is 4.39 Å². The Labute approximate surface area is 136 Å². The van der Waals surface area contributed by atoms with E-state index in [2.05, 4.69) is 10.3 Å². The molecule has 1 saturated carbocycles. The Bertz CT molecular complexity index is 635. The Morgan fingerprint density at radius 1 is 1.22 bits per heavy atom. The molecule has 1 aromatic carbocycles. The molecule has 1 aliphatic rings. The second kappa shape index (κ2) is 7.68. The van der Waals surface area contributed by atoms with Gasteiger partial charge in [-0.2, -0.15) is 0 Å². The molecule has 1 N–H and O–H groups in total. The van der Waals surface area contributed by atoms with Crippen molar-refractivity contribution in [2.45, 2.75) is 58.1 Å². The molecule has 0 unspecified atom stereocenters. The normalized spacial score (nSPS) is 15.9. The van der Waals surface area contributed by atoms with Crippen LogP contribution in [0.25, 0.3) is 0 Å². The van der Waals surface area contributed by atoms with E-state index in [-0.39, 0.29) is 12.4 Å². The van der Waals surface area contributed by atoms with Crippen molar-refractivity contribution in [3.63, 3.8) is 0 Å². The quantitative estimate of drug-likeness (QED) is 0.887. The maximum absolute atomic E-state index is 13.3. The second-order valence-electron chi connectivity index (χ2n) is 6.47. The van der Waals surface area contributed by atoms with Gasteiger partial charge in [-0.1, -0.05) is 49.5 Å². The lowest BCUT2D eigenvalue weighted by molar-refractivity contribution is 0.274. The van der Waals surface area contributed by atoms with E-state index in [1.54, 1.807) is 6.07 Å². The van der Waals surface area contributed by atoms with Gasteiger partial charge in [-0.3, -0.25) is 0 Å². The molecule has 5 heteroatoms. The first-order valence-electron chi connectivity index (χ1n) is 8.53. The van der Waals surface area contributed by atoms with E-state index >= 15 is 0 Å². The third-order valence-electron chi connectivity index (χ3n) is 4.80. The fourth-order valence-corrected chi connectivity index (χ4v) is 3.52. The van der Waals surface area contributed by atoms with Crippen molar-refractivity contribution >= 4 is 0 Å². The van der Waals surface area contributed by atoms with Gasteiger partial charge in [-0.05, 0) is 36.5 Å². The zero-order valence-corrected chi connectivity index (χ0v) is 13.4. The summed E-state index contributed by atoms with van der Waals surface area (Å²) in [4.78, 5) is 0. The summed E-state index contributed by atoms with van der Waals surface area (Å²) in [5.41, 5.74) is 2.50. The van der Waals surface area contributed by atoms with Gasteiger partial charge in [-0.15, -0.1) is 5.10 Å². The highest BCUT2D eigenvalue weighted by atomic mass is 19.1. The van der Waals surface area contributed by atoms with Crippen LogP contribution in [-0.2, 0) is 19.6 Å². The maximum Gasteiger partial charge on any atom is 0.123 e. The van der Waals surface area contributed by atoms with Crippen LogP contribution < -0.4 is 0 Å². The van der Waals surface area contributed by atoms with Crippen molar-refractivity contribution in [2.75, 3.05) is 0 Å². The first-order valence-corrected chi connectivity index (χ1v) is 8.53. The average Bonchev–Trinajstić information content (AvgIpc) is 2.95. The lowest BCUT2D eigenvalue weighted by Gasteiger charge is -2.21. The van der Waals surface area contributed by atoms with E-state index in [0.29, 0.717) is 12.2 Å². The zero-order chi connectivity index (χ0) is 16.1. The van der Waals surface area contributed by atoms with E-state index < -0.39 is 0 Å². The van der Waals surface area contributed by atoms with Gasteiger partial charge in [-0.25, -0.2) is 9.07 Å². The average molecular weight is 317 g/mol. The number of benzene rings is 1. The fourth-order valence-electron chi connectivity index (χ4n) is 3.52. The molecule has 0 aliphatic heterocycles. The molecular formula is C18H24FN3O. The highest BCUT2D eigenvalue weighted by Crippen LogP contribution is 2.28. The number of halogens is 1. The first kappa shape index (κ1) is 16.1. The van der Waals surface area contributed by atoms with Crippen LogP contribution in [0, 0.1) is 11.7 Å². The summed E-state index contributed by atoms with van der Waals surface area (Å²) in [5.74, 6) is 0.529. The van der Waals surface area contributed by atoms with E-state index in [1.165, 1.54) is 44.2 Å². The molecule has 23 heavy (non-hydrogen) atoms. The van der Waals surface area contributed by atoms with Crippen LogP contribution in [0.3, 0.4) is 0 Å². The van der Waals surface area contributed by atoms with Gasteiger partial charge in [0.05, 0.1) is 18.8 Å². The van der Waals surface area contributed by atoms with Crippen LogP contribution >= 0.6 is 0 Å². The Hall–Kier alpha value is -1.75. The third kappa shape index (κ3) is 4.16. The molecular weight excluding hydrogens is 293 g/mol. The van der Waals surface area contributed by atoms with Crippen LogP contribution in [0.1, 0.15) is 55.5 Å². The minimum Gasteiger partial charge on any atom is -0.390 e. The SMILES string of the molecule is OCc1nnn(Cc2cccc(F)c2)c1CCC1CCCCC1. The number of hydrogen-bond donors (Lipinski definition) is 1. The Kier molecular flexibility index (Phi) is 5.39. The lowest BCUT2D eigenvalue weighted by atomic mass is 9.85. The molecule has 124 valence electrons. The molecule has 1 fully saturated rings. The summed E-state index contributed by atoms with van der Waals surface area (Å²) in [6.45, 7) is 0.397. The minimum absolute atomic E-state index is 0.0941. The Morgan fingerprint density at radius 2 is 2.04 bits per heavy atom. The number of hydrogen-bond acceptors (Lipinski definition) is 3. The van der Waals surface area contributed by atoms with Crippen molar-refractivity contribution < 1.29 is 9.50 Å². The zero-order valence-electron chi connectivity index (χ0n) is 13.4. The topological polar surface area (TPSA) is 50.9 Å². The van der Waals surface area contributed by atoms with Gasteiger partial charge in [0.25, 0.3) is 0 Å². The molecule has 4 nitrogen and oxygen atoms in total. The van der Waals surface area contributed by atoms with Crippen LogP contribution in [0.2, 0.25) is 0 Å². The second-order valence-corrected chi connectivity index (χ2v) is 6.47. The summed E-state index contributed by atoms with van der Waals surface area (Å²) in [7, 11) is 0. The van der Waals surface area contributed by atoms with Gasteiger partial charge >= 0.3 is 0 Å². The van der Waals surface area contributed by atoms with Gasteiger partial charge in [0.1, 0.15) is 11.5 Å². The molecule has 0 spiro atoms. The summed E-state index contributed by atoms with van der Waals surface area (Å²) in [6.07, 6.45) is 8.63. The molecule has 0 amide bonds. The number of rotatable bonds is 6. The van der Waals surface area contributed by atoms with Gasteiger partial charge < -0.3 is 5.11 Å². The molecule has 0 atom stereocenters. The van der Waals surface area contributed by atoms with Crippen molar-refractivity contribution in [3.8, 4) is 0 Å². The maximum atomic E-state index is 13.3. The Morgan fingerprint density at radius 3 is 2.78 bits per heavy atom. The van der Waals surface area contributed by atoms with Crippen LogP contribution in [-0.4, -0.2) is 20.1 Å². The lowest BCUT2D eigenvalue weighted by Crippen LogP contribution is -2.12. The standard InChI is InChI=1S/C18H24FN3O/c19-16-8-4-7-15(11-16)12-22-18(17(13-23)20-21-22)10-9-14-5-2-1-3-6-14/h4,7-8,11,14,23H,1-3,5-6,9-10,12-13H2. The predicted molar refractivity (Wildman–Crippen MR) is 86.3 cm³/mol. The van der Waals surface area contributed by atoms with Crippen molar-refractivity contribution in [1.82, 2.24) is 15.0 Å². The first-order chi connectivity index (χ1) is 11.3. The summed E-state index contributed by atoms with van der Waals surface area (Å²) in [5, 5.41) is 17.7. The number of aliphatic hydroxyl groups excluding tert-OH is 1. The fraction of sp³-hybridized carbons (Fsp3) is 0.556. The van der Waals surface area contributed by atoms with Gasteiger partial charge in [0.15, 0.2) is 0 Å². The largest absolute Gasteiger partial charge is 0.390 e.